The Balaban J connectivity index is 1.33. The van der Waals surface area contributed by atoms with Gasteiger partial charge in [0.1, 0.15) is 28.7 Å². The van der Waals surface area contributed by atoms with Crippen LogP contribution in [0.4, 0.5) is 0 Å². The quantitative estimate of drug-likeness (QED) is 0.115. The third-order valence-corrected chi connectivity index (χ3v) is 7.90. The lowest BCUT2D eigenvalue weighted by molar-refractivity contribution is -0.135. The van der Waals surface area contributed by atoms with Crippen LogP contribution in [0.25, 0.3) is 6.08 Å². The number of ketones is 1. The number of para-hydroxylation sites is 1. The number of carbonyl (C=O) groups excluding carboxylic acids is 2. The fourth-order valence-corrected chi connectivity index (χ4v) is 5.65. The Hall–Kier alpha value is -5.44. The van der Waals surface area contributed by atoms with Gasteiger partial charge in [-0.2, -0.15) is 0 Å². The topological polar surface area (TPSA) is 98.8 Å². The highest BCUT2D eigenvalue weighted by molar-refractivity contribution is 6.15. The van der Waals surface area contributed by atoms with E-state index in [9.17, 15) is 9.59 Å². The van der Waals surface area contributed by atoms with Crippen LogP contribution >= 0.6 is 0 Å². The number of allylic oxidation sites excluding steroid dienone is 1. The van der Waals surface area contributed by atoms with E-state index in [1.54, 1.807) is 37.5 Å². The second kappa shape index (κ2) is 12.7. The van der Waals surface area contributed by atoms with Crippen LogP contribution in [0.1, 0.15) is 45.0 Å². The molecule has 230 valence electrons. The minimum Gasteiger partial charge on any atom is -0.497 e. The van der Waals surface area contributed by atoms with Gasteiger partial charge in [0.2, 0.25) is 5.78 Å². The number of hydrogen-bond acceptors (Lipinski definition) is 9. The summed E-state index contributed by atoms with van der Waals surface area (Å²) < 4.78 is 39.8. The lowest BCUT2D eigenvalue weighted by Crippen LogP contribution is -2.22. The number of carbonyl (C=O) groups is 2. The largest absolute Gasteiger partial charge is 0.497 e. The molecule has 0 radical (unpaired) electrons. The average molecular weight is 609 g/mol. The van der Waals surface area contributed by atoms with Crippen molar-refractivity contribution in [2.75, 3.05) is 35.0 Å². The third kappa shape index (κ3) is 5.76. The number of ether oxygens (including phenoxy) is 7. The Morgan fingerprint density at radius 2 is 1.51 bits per heavy atom. The van der Waals surface area contributed by atoms with Crippen molar-refractivity contribution in [2.45, 2.75) is 18.8 Å². The fourth-order valence-electron chi connectivity index (χ4n) is 5.65. The van der Waals surface area contributed by atoms with E-state index >= 15 is 0 Å². The van der Waals surface area contributed by atoms with Crippen molar-refractivity contribution in [3.63, 3.8) is 0 Å². The molecule has 0 saturated carbocycles. The zero-order chi connectivity index (χ0) is 31.5. The fraction of sp³-hybridized carbons (Fsp3) is 0.222. The molecule has 1 atom stereocenters. The van der Waals surface area contributed by atoms with Crippen LogP contribution in [0.2, 0.25) is 0 Å². The predicted octanol–water partition coefficient (Wildman–Crippen LogP) is 6.40. The molecule has 4 aromatic carbocycles. The van der Waals surface area contributed by atoms with Gasteiger partial charge in [0.25, 0.3) is 0 Å². The molecule has 9 heteroatoms. The van der Waals surface area contributed by atoms with Gasteiger partial charge in [0.05, 0.1) is 47.0 Å². The van der Waals surface area contributed by atoms with Crippen LogP contribution in [0.15, 0.2) is 78.6 Å². The standard InChI is InChI=1S/C36H32O9/c1-39-23-11-9-21(10-12-23)15-16-43-27-8-6-5-7-24(27)26-19-33(37)44-28-14-13-25-35(38)32(45-36(25)34(26)28)18-22-17-30(41-3)31(42-4)20-29(22)40-2/h5-14,17-18,20,26H,15-16,19H2,1-4H3. The lowest BCUT2D eigenvalue weighted by Gasteiger charge is -2.27. The SMILES string of the molecule is COc1ccc(CCOc2ccccc2C2CC(=O)Oc3ccc4c(c32)OC(=Cc2cc(OC)c(OC)cc2OC)C4=O)cc1. The molecule has 0 fully saturated rings. The molecule has 0 amide bonds. The first-order chi connectivity index (χ1) is 21.9. The second-order valence-electron chi connectivity index (χ2n) is 10.5. The maximum Gasteiger partial charge on any atom is 0.312 e. The molecule has 4 aromatic rings. The maximum atomic E-state index is 13.6. The van der Waals surface area contributed by atoms with Gasteiger partial charge in [-0.25, -0.2) is 0 Å². The van der Waals surface area contributed by atoms with Gasteiger partial charge >= 0.3 is 5.97 Å². The molecule has 6 rings (SSSR count). The Bertz CT molecular complexity index is 1790. The molecule has 2 aliphatic heterocycles. The molecule has 0 aliphatic carbocycles. The minimum atomic E-state index is -0.462. The van der Waals surface area contributed by atoms with Crippen molar-refractivity contribution < 1.29 is 42.7 Å². The summed E-state index contributed by atoms with van der Waals surface area (Å²) in [5.74, 6) is 2.53. The van der Waals surface area contributed by atoms with Crippen molar-refractivity contribution in [3.05, 3.63) is 106 Å². The van der Waals surface area contributed by atoms with Gasteiger partial charge < -0.3 is 33.2 Å². The molecule has 0 bridgehead atoms. The first-order valence-electron chi connectivity index (χ1n) is 14.4. The first-order valence-corrected chi connectivity index (χ1v) is 14.4. The van der Waals surface area contributed by atoms with Crippen molar-refractivity contribution >= 4 is 17.8 Å². The van der Waals surface area contributed by atoms with E-state index in [1.807, 2.05) is 48.5 Å². The van der Waals surface area contributed by atoms with Gasteiger partial charge in [-0.05, 0) is 48.0 Å². The van der Waals surface area contributed by atoms with Gasteiger partial charge in [-0.3, -0.25) is 9.59 Å². The van der Waals surface area contributed by atoms with E-state index in [-0.39, 0.29) is 23.9 Å². The smallest absolute Gasteiger partial charge is 0.312 e. The van der Waals surface area contributed by atoms with E-state index in [1.165, 1.54) is 21.3 Å². The molecule has 0 N–H and O–H groups in total. The molecule has 45 heavy (non-hydrogen) atoms. The Labute approximate surface area is 260 Å². The number of hydrogen-bond donors (Lipinski definition) is 0. The summed E-state index contributed by atoms with van der Waals surface area (Å²) in [6.07, 6.45) is 2.35. The summed E-state index contributed by atoms with van der Waals surface area (Å²) in [5.41, 5.74) is 3.47. The summed E-state index contributed by atoms with van der Waals surface area (Å²) in [7, 11) is 6.23. The highest BCUT2D eigenvalue weighted by Crippen LogP contribution is 2.50. The normalized spacial score (nSPS) is 15.9. The highest BCUT2D eigenvalue weighted by Gasteiger charge is 2.39. The van der Waals surface area contributed by atoms with E-state index < -0.39 is 5.92 Å². The molecule has 9 nitrogen and oxygen atoms in total. The van der Waals surface area contributed by atoms with Gasteiger partial charge in [-0.15, -0.1) is 0 Å². The van der Waals surface area contributed by atoms with E-state index in [0.717, 1.165) is 16.9 Å². The summed E-state index contributed by atoms with van der Waals surface area (Å²) >= 11 is 0. The van der Waals surface area contributed by atoms with Gasteiger partial charge in [0.15, 0.2) is 17.3 Å². The Morgan fingerprint density at radius 1 is 0.778 bits per heavy atom. The number of benzene rings is 4. The number of methoxy groups -OCH3 is 4. The number of fused-ring (bicyclic) bond motifs is 3. The zero-order valence-corrected chi connectivity index (χ0v) is 25.4. The second-order valence-corrected chi connectivity index (χ2v) is 10.5. The molecular weight excluding hydrogens is 576 g/mol. The molecular formula is C36H32O9. The Kier molecular flexibility index (Phi) is 8.33. The van der Waals surface area contributed by atoms with Crippen molar-refractivity contribution in [1.82, 2.24) is 0 Å². The van der Waals surface area contributed by atoms with Crippen LogP contribution < -0.4 is 33.2 Å². The van der Waals surface area contributed by atoms with Crippen molar-refractivity contribution in [2.24, 2.45) is 0 Å². The Morgan fingerprint density at radius 3 is 2.24 bits per heavy atom. The van der Waals surface area contributed by atoms with Crippen LogP contribution in [-0.4, -0.2) is 46.8 Å². The summed E-state index contributed by atoms with van der Waals surface area (Å²) in [5, 5.41) is 0. The third-order valence-electron chi connectivity index (χ3n) is 7.90. The predicted molar refractivity (Wildman–Crippen MR) is 166 cm³/mol. The molecule has 2 heterocycles. The minimum absolute atomic E-state index is 0.0579. The van der Waals surface area contributed by atoms with E-state index in [4.69, 9.17) is 33.2 Å². The maximum absolute atomic E-state index is 13.6. The summed E-state index contributed by atoms with van der Waals surface area (Å²) in [6, 6.07) is 22.1. The number of rotatable bonds is 10. The van der Waals surface area contributed by atoms with Gasteiger partial charge in [-0.1, -0.05) is 30.3 Å². The highest BCUT2D eigenvalue weighted by atomic mass is 16.5. The molecule has 0 saturated heterocycles. The van der Waals surface area contributed by atoms with Crippen molar-refractivity contribution in [3.8, 4) is 40.2 Å². The molecule has 2 aliphatic rings. The summed E-state index contributed by atoms with van der Waals surface area (Å²) in [4.78, 5) is 26.4. The van der Waals surface area contributed by atoms with Crippen LogP contribution in [-0.2, 0) is 11.2 Å². The van der Waals surface area contributed by atoms with Crippen LogP contribution in [0.3, 0.4) is 0 Å². The molecule has 0 aromatic heterocycles. The lowest BCUT2D eigenvalue weighted by atomic mass is 9.84. The van der Waals surface area contributed by atoms with Crippen molar-refractivity contribution in [1.29, 1.82) is 0 Å². The number of esters is 1. The first kappa shape index (κ1) is 29.6. The van der Waals surface area contributed by atoms with Gasteiger partial charge in [0, 0.05) is 35.1 Å². The summed E-state index contributed by atoms with van der Waals surface area (Å²) in [6.45, 7) is 0.426. The van der Waals surface area contributed by atoms with E-state index in [2.05, 4.69) is 0 Å². The molecule has 0 spiro atoms. The zero-order valence-electron chi connectivity index (χ0n) is 25.4. The molecule has 1 unspecified atom stereocenters. The van der Waals surface area contributed by atoms with Crippen LogP contribution in [0.5, 0.6) is 40.2 Å². The monoisotopic (exact) mass is 608 g/mol. The van der Waals surface area contributed by atoms with E-state index in [0.29, 0.717) is 64.2 Å². The van der Waals surface area contributed by atoms with Crippen LogP contribution in [0, 0.1) is 0 Å². The number of Topliss-reactive ketones (excluding diaryl/α,β-unsaturated/α-hetero) is 1. The average Bonchev–Trinajstić information content (AvgIpc) is 3.39.